The zero-order valence-corrected chi connectivity index (χ0v) is 14.6. The van der Waals surface area contributed by atoms with E-state index in [1.54, 1.807) is 4.90 Å². The van der Waals surface area contributed by atoms with E-state index in [9.17, 15) is 4.79 Å². The molecule has 128 valence electrons. The van der Waals surface area contributed by atoms with Crippen molar-refractivity contribution in [2.24, 2.45) is 0 Å². The highest BCUT2D eigenvalue weighted by Gasteiger charge is 2.25. The summed E-state index contributed by atoms with van der Waals surface area (Å²) in [6.45, 7) is 4.60. The van der Waals surface area contributed by atoms with Gasteiger partial charge in [0, 0.05) is 43.6 Å². The van der Waals surface area contributed by atoms with Crippen molar-refractivity contribution in [3.63, 3.8) is 0 Å². The smallest absolute Gasteiger partial charge is 0.317 e. The van der Waals surface area contributed by atoms with E-state index in [1.807, 2.05) is 38.8 Å². The second-order valence-corrected chi connectivity index (χ2v) is 6.67. The van der Waals surface area contributed by atoms with Crippen LogP contribution in [0.25, 0.3) is 0 Å². The second kappa shape index (κ2) is 7.03. The van der Waals surface area contributed by atoms with Crippen LogP contribution in [0, 0.1) is 6.92 Å². The minimum absolute atomic E-state index is 0.0706. The highest BCUT2D eigenvalue weighted by molar-refractivity contribution is 5.74. The second-order valence-electron chi connectivity index (χ2n) is 6.67. The quantitative estimate of drug-likeness (QED) is 0.887. The van der Waals surface area contributed by atoms with Gasteiger partial charge in [0.15, 0.2) is 0 Å². The van der Waals surface area contributed by atoms with Gasteiger partial charge in [-0.3, -0.25) is 4.98 Å². The molecule has 1 aliphatic rings. The number of likely N-dealkylation sites (N-methyl/N-ethyl adjacent to an activating group) is 1. The predicted molar refractivity (Wildman–Crippen MR) is 92.6 cm³/mol. The number of nitrogens with zero attached hydrogens (tertiary/aromatic N) is 4. The van der Waals surface area contributed by atoms with Gasteiger partial charge >= 0.3 is 6.03 Å². The largest absolute Gasteiger partial charge is 0.332 e. The Morgan fingerprint density at radius 1 is 1.50 bits per heavy atom. The lowest BCUT2D eigenvalue weighted by Crippen LogP contribution is -2.43. The molecule has 0 radical (unpaired) electrons. The highest BCUT2D eigenvalue weighted by atomic mass is 16.2. The molecule has 1 fully saturated rings. The number of pyridine rings is 1. The lowest BCUT2D eigenvalue weighted by atomic mass is 10.1. The molecule has 0 aliphatic heterocycles. The van der Waals surface area contributed by atoms with Gasteiger partial charge in [-0.25, -0.2) is 9.78 Å². The van der Waals surface area contributed by atoms with Crippen LogP contribution >= 0.6 is 0 Å². The minimum atomic E-state index is -0.0706. The number of aryl methyl sites for hydroxylation is 1. The average Bonchev–Trinajstić information content (AvgIpc) is 3.30. The summed E-state index contributed by atoms with van der Waals surface area (Å²) < 4.78 is 2.17. The van der Waals surface area contributed by atoms with Gasteiger partial charge in [0.1, 0.15) is 0 Å². The number of amides is 2. The standard InChI is InChI=1S/C18H25N5O/c1-13-6-7-20-15(8-13)9-14(2)22(3)18(24)21-11-17-10-19-12-23(17)16-4-5-16/h6-8,10,12,14,16H,4-5,9,11H2,1-3H3,(H,21,24)/t14-/m0/s1. The fraction of sp³-hybridized carbons (Fsp3) is 0.500. The van der Waals surface area contributed by atoms with Crippen molar-refractivity contribution in [2.45, 2.75) is 51.7 Å². The Hall–Kier alpha value is -2.37. The van der Waals surface area contributed by atoms with Crippen molar-refractivity contribution in [3.8, 4) is 0 Å². The Morgan fingerprint density at radius 3 is 3.00 bits per heavy atom. The van der Waals surface area contributed by atoms with Crippen LogP contribution in [0.15, 0.2) is 30.9 Å². The fourth-order valence-electron chi connectivity index (χ4n) is 2.79. The molecule has 0 aromatic carbocycles. The van der Waals surface area contributed by atoms with Crippen molar-refractivity contribution in [2.75, 3.05) is 7.05 Å². The molecule has 1 saturated carbocycles. The van der Waals surface area contributed by atoms with E-state index in [1.165, 1.54) is 18.4 Å². The molecular formula is C18H25N5O. The van der Waals surface area contributed by atoms with E-state index < -0.39 is 0 Å². The number of aromatic nitrogens is 3. The normalized spacial score (nSPS) is 15.1. The molecule has 2 aromatic heterocycles. The van der Waals surface area contributed by atoms with Crippen LogP contribution in [0.4, 0.5) is 4.79 Å². The van der Waals surface area contributed by atoms with Gasteiger partial charge in [-0.15, -0.1) is 0 Å². The molecule has 0 unspecified atom stereocenters. The summed E-state index contributed by atoms with van der Waals surface area (Å²) in [6, 6.07) is 4.62. The third kappa shape index (κ3) is 3.93. The van der Waals surface area contributed by atoms with Crippen LogP contribution in [-0.2, 0) is 13.0 Å². The lowest BCUT2D eigenvalue weighted by molar-refractivity contribution is 0.193. The third-order valence-electron chi connectivity index (χ3n) is 4.57. The Labute approximate surface area is 142 Å². The van der Waals surface area contributed by atoms with Gasteiger partial charge in [0.05, 0.1) is 18.6 Å². The lowest BCUT2D eigenvalue weighted by Gasteiger charge is -2.25. The summed E-state index contributed by atoms with van der Waals surface area (Å²) in [5.41, 5.74) is 3.26. The number of carbonyl (C=O) groups is 1. The third-order valence-corrected chi connectivity index (χ3v) is 4.57. The minimum Gasteiger partial charge on any atom is -0.332 e. The van der Waals surface area contributed by atoms with E-state index in [0.29, 0.717) is 12.6 Å². The Kier molecular flexibility index (Phi) is 4.83. The number of urea groups is 1. The Morgan fingerprint density at radius 2 is 2.29 bits per heavy atom. The number of nitrogens with one attached hydrogen (secondary N) is 1. The number of rotatable bonds is 6. The Bertz CT molecular complexity index is 707. The molecule has 2 heterocycles. The van der Waals surface area contributed by atoms with E-state index in [4.69, 9.17) is 0 Å². The number of imidazole rings is 1. The molecule has 0 spiro atoms. The van der Waals surface area contributed by atoms with Crippen molar-refractivity contribution < 1.29 is 4.79 Å². The zero-order chi connectivity index (χ0) is 17.1. The first kappa shape index (κ1) is 16.5. The van der Waals surface area contributed by atoms with Gasteiger partial charge < -0.3 is 14.8 Å². The number of hydrogen-bond donors (Lipinski definition) is 1. The van der Waals surface area contributed by atoms with Crippen LogP contribution in [0.3, 0.4) is 0 Å². The zero-order valence-electron chi connectivity index (χ0n) is 14.6. The summed E-state index contributed by atoms with van der Waals surface area (Å²) in [5.74, 6) is 0. The van der Waals surface area contributed by atoms with E-state index in [0.717, 1.165) is 17.8 Å². The van der Waals surface area contributed by atoms with Gasteiger partial charge in [-0.2, -0.15) is 0 Å². The molecule has 1 aliphatic carbocycles. The average molecular weight is 327 g/mol. The maximum Gasteiger partial charge on any atom is 0.317 e. The number of carbonyl (C=O) groups excluding carboxylic acids is 1. The fourth-order valence-corrected chi connectivity index (χ4v) is 2.79. The molecule has 6 nitrogen and oxygen atoms in total. The highest BCUT2D eigenvalue weighted by Crippen LogP contribution is 2.35. The maximum atomic E-state index is 12.4. The first-order valence-corrected chi connectivity index (χ1v) is 8.47. The summed E-state index contributed by atoms with van der Waals surface area (Å²) in [5, 5.41) is 2.99. The van der Waals surface area contributed by atoms with E-state index in [2.05, 4.69) is 32.8 Å². The summed E-state index contributed by atoms with van der Waals surface area (Å²) in [7, 11) is 1.83. The van der Waals surface area contributed by atoms with Crippen molar-refractivity contribution >= 4 is 6.03 Å². The van der Waals surface area contributed by atoms with Crippen LogP contribution in [0.2, 0.25) is 0 Å². The predicted octanol–water partition coefficient (Wildman–Crippen LogP) is 2.69. The van der Waals surface area contributed by atoms with E-state index in [-0.39, 0.29) is 12.1 Å². The monoisotopic (exact) mass is 327 g/mol. The molecule has 0 saturated heterocycles. The molecule has 2 aromatic rings. The molecule has 3 rings (SSSR count). The maximum absolute atomic E-state index is 12.4. The van der Waals surface area contributed by atoms with E-state index >= 15 is 0 Å². The van der Waals surface area contributed by atoms with Gasteiger partial charge in [0.25, 0.3) is 0 Å². The first-order valence-electron chi connectivity index (χ1n) is 8.47. The van der Waals surface area contributed by atoms with Crippen molar-refractivity contribution in [3.05, 3.63) is 47.8 Å². The molecule has 24 heavy (non-hydrogen) atoms. The molecule has 0 bridgehead atoms. The van der Waals surface area contributed by atoms with Crippen molar-refractivity contribution in [1.29, 1.82) is 0 Å². The molecule has 1 N–H and O–H groups in total. The molecular weight excluding hydrogens is 302 g/mol. The van der Waals surface area contributed by atoms with Crippen LogP contribution in [0.5, 0.6) is 0 Å². The van der Waals surface area contributed by atoms with Crippen LogP contribution < -0.4 is 5.32 Å². The topological polar surface area (TPSA) is 63.1 Å². The summed E-state index contributed by atoms with van der Waals surface area (Å²) >= 11 is 0. The SMILES string of the molecule is Cc1ccnc(C[C@H](C)N(C)C(=O)NCc2cncn2C2CC2)c1. The van der Waals surface area contributed by atoms with Gasteiger partial charge in [-0.05, 0) is 44.4 Å². The van der Waals surface area contributed by atoms with Gasteiger partial charge in [0.2, 0.25) is 0 Å². The molecule has 6 heteroatoms. The summed E-state index contributed by atoms with van der Waals surface area (Å²) in [6.07, 6.45) is 8.66. The van der Waals surface area contributed by atoms with Gasteiger partial charge in [-0.1, -0.05) is 0 Å². The molecule has 2 amide bonds. The first-order chi connectivity index (χ1) is 11.5. The summed E-state index contributed by atoms with van der Waals surface area (Å²) in [4.78, 5) is 22.7. The van der Waals surface area contributed by atoms with Crippen molar-refractivity contribution in [1.82, 2.24) is 24.8 Å². The van der Waals surface area contributed by atoms with Crippen LogP contribution in [-0.4, -0.2) is 38.6 Å². The Balaban J connectivity index is 1.53. The van der Waals surface area contributed by atoms with Crippen LogP contribution in [0.1, 0.15) is 42.8 Å². The number of hydrogen-bond acceptors (Lipinski definition) is 3. The molecule has 1 atom stereocenters.